The van der Waals surface area contributed by atoms with Crippen molar-refractivity contribution in [3.05, 3.63) is 23.1 Å². The quantitative estimate of drug-likeness (QED) is 0.864. The van der Waals surface area contributed by atoms with Crippen LogP contribution < -0.4 is 5.32 Å². The van der Waals surface area contributed by atoms with Gasteiger partial charge in [0.2, 0.25) is 5.13 Å². The maximum Gasteiger partial charge on any atom is 0.211 e. The summed E-state index contributed by atoms with van der Waals surface area (Å²) in [5.74, 6) is 1.93. The summed E-state index contributed by atoms with van der Waals surface area (Å²) in [7, 11) is 0. The molecule has 2 aromatic rings. The fourth-order valence-electron chi connectivity index (χ4n) is 3.15. The van der Waals surface area contributed by atoms with E-state index in [1.165, 1.54) is 25.9 Å². The lowest BCUT2D eigenvalue weighted by atomic mass is 9.94. The van der Waals surface area contributed by atoms with E-state index in [2.05, 4.69) is 51.2 Å². The molecule has 1 N–H and O–H groups in total. The lowest BCUT2D eigenvalue weighted by molar-refractivity contribution is 0.186. The average molecular weight is 347 g/mol. The largest absolute Gasteiger partial charge is 0.313 e. The molecule has 0 bridgehead atoms. The van der Waals surface area contributed by atoms with Gasteiger partial charge in [-0.15, -0.1) is 10.2 Å². The molecule has 0 radical (unpaired) electrons. The molecule has 3 heterocycles. The number of anilines is 2. The molecule has 130 valence electrons. The number of aryl methyl sites for hydroxylation is 1. The summed E-state index contributed by atoms with van der Waals surface area (Å²) in [4.78, 5) is 11.7. The number of nitrogens with one attached hydrogen (secondary N) is 1. The molecule has 0 aromatic carbocycles. The Morgan fingerprint density at radius 2 is 2.17 bits per heavy atom. The predicted molar refractivity (Wildman–Crippen MR) is 97.9 cm³/mol. The van der Waals surface area contributed by atoms with Crippen LogP contribution >= 0.6 is 11.3 Å². The third kappa shape index (κ3) is 4.48. The Hall–Kier alpha value is -1.60. The van der Waals surface area contributed by atoms with Crippen LogP contribution in [0.15, 0.2) is 12.4 Å². The van der Waals surface area contributed by atoms with Crippen LogP contribution in [0.1, 0.15) is 50.2 Å². The summed E-state index contributed by atoms with van der Waals surface area (Å²) in [5, 5.41) is 13.2. The second-order valence-electron chi connectivity index (χ2n) is 6.80. The maximum absolute atomic E-state index is 4.64. The fraction of sp³-hybridized carbons (Fsp3) is 0.647. The van der Waals surface area contributed by atoms with Crippen LogP contribution in [0.4, 0.5) is 10.9 Å². The number of likely N-dealkylation sites (tertiary alicyclic amines) is 1. The van der Waals surface area contributed by atoms with E-state index in [4.69, 9.17) is 0 Å². The molecular weight excluding hydrogens is 320 g/mol. The van der Waals surface area contributed by atoms with E-state index >= 15 is 0 Å². The highest BCUT2D eigenvalue weighted by Crippen LogP contribution is 2.26. The van der Waals surface area contributed by atoms with E-state index in [-0.39, 0.29) is 0 Å². The molecule has 1 atom stereocenters. The zero-order chi connectivity index (χ0) is 16.9. The molecule has 0 unspecified atom stereocenters. The van der Waals surface area contributed by atoms with Gasteiger partial charge < -0.3 is 10.2 Å². The fourth-order valence-corrected chi connectivity index (χ4v) is 3.84. The first-order valence-corrected chi connectivity index (χ1v) is 9.59. The smallest absolute Gasteiger partial charge is 0.211 e. The Morgan fingerprint density at radius 1 is 1.29 bits per heavy atom. The zero-order valence-electron chi connectivity index (χ0n) is 14.7. The van der Waals surface area contributed by atoms with Crippen molar-refractivity contribution in [2.24, 2.45) is 5.92 Å². The minimum atomic E-state index is 0.493. The molecule has 0 spiro atoms. The molecule has 0 aliphatic carbocycles. The number of aromatic nitrogens is 4. The average Bonchev–Trinajstić information content (AvgIpc) is 3.03. The van der Waals surface area contributed by atoms with Crippen LogP contribution in [0.25, 0.3) is 0 Å². The predicted octanol–water partition coefficient (Wildman–Crippen LogP) is 3.47. The van der Waals surface area contributed by atoms with Gasteiger partial charge in [0.05, 0.1) is 18.1 Å². The Labute approximate surface area is 147 Å². The minimum Gasteiger partial charge on any atom is -0.313 e. The van der Waals surface area contributed by atoms with Gasteiger partial charge in [-0.3, -0.25) is 4.98 Å². The van der Waals surface area contributed by atoms with Crippen LogP contribution in [-0.2, 0) is 6.42 Å². The molecule has 0 saturated carbocycles. The first-order chi connectivity index (χ1) is 11.6. The van der Waals surface area contributed by atoms with Crippen molar-refractivity contribution < 1.29 is 0 Å². The van der Waals surface area contributed by atoms with Crippen molar-refractivity contribution in [2.45, 2.75) is 46.0 Å². The first-order valence-electron chi connectivity index (χ1n) is 8.77. The molecule has 2 aromatic heterocycles. The summed E-state index contributed by atoms with van der Waals surface area (Å²) in [5.41, 5.74) is 1.10. The molecular formula is C17H26N6S. The van der Waals surface area contributed by atoms with Crippen LogP contribution in [0.2, 0.25) is 0 Å². The lowest BCUT2D eigenvalue weighted by Crippen LogP contribution is -2.37. The molecule has 1 fully saturated rings. The van der Waals surface area contributed by atoms with Crippen LogP contribution in [-0.4, -0.2) is 44.7 Å². The van der Waals surface area contributed by atoms with Gasteiger partial charge in [-0.05, 0) is 31.7 Å². The van der Waals surface area contributed by atoms with Gasteiger partial charge in [0.15, 0.2) is 5.82 Å². The first kappa shape index (κ1) is 17.2. The van der Waals surface area contributed by atoms with Gasteiger partial charge in [0.25, 0.3) is 0 Å². The molecule has 3 rings (SSSR count). The van der Waals surface area contributed by atoms with Crippen molar-refractivity contribution in [1.82, 2.24) is 25.1 Å². The number of hydrogen-bond donors (Lipinski definition) is 1. The molecule has 6 nitrogen and oxygen atoms in total. The van der Waals surface area contributed by atoms with E-state index in [0.29, 0.717) is 11.8 Å². The van der Waals surface area contributed by atoms with E-state index in [0.717, 1.165) is 34.6 Å². The number of hydrogen-bond acceptors (Lipinski definition) is 7. The Kier molecular flexibility index (Phi) is 5.73. The molecule has 1 aliphatic heterocycles. The second-order valence-corrected chi connectivity index (χ2v) is 7.86. The van der Waals surface area contributed by atoms with Crippen molar-refractivity contribution >= 4 is 22.3 Å². The SMILES string of the molecule is CCc1nnc(Nc2cnc([C@H]3CCCN(CC(C)C)C3)cn2)s1. The molecule has 7 heteroatoms. The third-order valence-corrected chi connectivity index (χ3v) is 5.21. The topological polar surface area (TPSA) is 66.8 Å². The minimum absolute atomic E-state index is 0.493. The van der Waals surface area contributed by atoms with Gasteiger partial charge in [-0.1, -0.05) is 32.1 Å². The molecule has 1 aliphatic rings. The number of rotatable bonds is 6. The molecule has 24 heavy (non-hydrogen) atoms. The summed E-state index contributed by atoms with van der Waals surface area (Å²) in [6, 6.07) is 0. The summed E-state index contributed by atoms with van der Waals surface area (Å²) in [6.45, 7) is 10.1. The highest BCUT2D eigenvalue weighted by atomic mass is 32.1. The van der Waals surface area contributed by atoms with Gasteiger partial charge >= 0.3 is 0 Å². The Bertz CT molecular complexity index is 639. The van der Waals surface area contributed by atoms with Crippen LogP contribution in [0, 0.1) is 5.92 Å². The van der Waals surface area contributed by atoms with E-state index < -0.39 is 0 Å². The van der Waals surface area contributed by atoms with Crippen LogP contribution in [0.3, 0.4) is 0 Å². The van der Waals surface area contributed by atoms with Crippen molar-refractivity contribution in [3.8, 4) is 0 Å². The zero-order valence-corrected chi connectivity index (χ0v) is 15.5. The third-order valence-electron chi connectivity index (χ3n) is 4.22. The Morgan fingerprint density at radius 3 is 2.83 bits per heavy atom. The summed E-state index contributed by atoms with van der Waals surface area (Å²) < 4.78 is 0. The van der Waals surface area contributed by atoms with Gasteiger partial charge in [-0.2, -0.15) is 0 Å². The second kappa shape index (κ2) is 7.98. The lowest BCUT2D eigenvalue weighted by Gasteiger charge is -2.33. The van der Waals surface area contributed by atoms with Crippen LogP contribution in [0.5, 0.6) is 0 Å². The number of piperidine rings is 1. The monoisotopic (exact) mass is 346 g/mol. The van der Waals surface area contributed by atoms with Crippen molar-refractivity contribution in [1.29, 1.82) is 0 Å². The van der Waals surface area contributed by atoms with E-state index in [9.17, 15) is 0 Å². The normalized spacial score (nSPS) is 18.9. The van der Waals surface area contributed by atoms with Gasteiger partial charge in [0, 0.05) is 19.0 Å². The molecule has 1 saturated heterocycles. The van der Waals surface area contributed by atoms with Crippen molar-refractivity contribution in [2.75, 3.05) is 25.0 Å². The Balaban J connectivity index is 1.61. The van der Waals surface area contributed by atoms with E-state index in [1.807, 2.05) is 12.4 Å². The van der Waals surface area contributed by atoms with E-state index in [1.54, 1.807) is 11.3 Å². The highest BCUT2D eigenvalue weighted by Gasteiger charge is 2.23. The van der Waals surface area contributed by atoms with Gasteiger partial charge in [0.1, 0.15) is 5.01 Å². The highest BCUT2D eigenvalue weighted by molar-refractivity contribution is 7.15. The molecule has 0 amide bonds. The summed E-state index contributed by atoms with van der Waals surface area (Å²) >= 11 is 1.56. The van der Waals surface area contributed by atoms with Gasteiger partial charge in [-0.25, -0.2) is 4.98 Å². The maximum atomic E-state index is 4.64. The van der Waals surface area contributed by atoms with Crippen molar-refractivity contribution in [3.63, 3.8) is 0 Å². The standard InChI is InChI=1S/C17H26N6S/c1-4-16-21-22-17(24-16)20-15-9-18-14(8-19-15)13-6-5-7-23(11-13)10-12(2)3/h8-9,12-13H,4-7,10-11H2,1-3H3,(H,19,20,22)/t13-/m0/s1. The number of nitrogens with zero attached hydrogens (tertiary/aromatic N) is 5. The summed E-state index contributed by atoms with van der Waals surface area (Å²) in [6.07, 6.45) is 7.06.